The van der Waals surface area contributed by atoms with Crippen molar-refractivity contribution in [3.8, 4) is 0 Å². The number of anilines is 1. The molecule has 0 radical (unpaired) electrons. The minimum Gasteiger partial charge on any atom is -0.379 e. The summed E-state index contributed by atoms with van der Waals surface area (Å²) < 4.78 is 15.0. The molecule has 1 N–H and O–H groups in total. The Morgan fingerprint density at radius 3 is 2.72 bits per heavy atom. The molecule has 2 rings (SSSR count). The lowest BCUT2D eigenvalue weighted by molar-refractivity contribution is 0.628. The molecule has 1 heterocycles. The van der Waals surface area contributed by atoms with E-state index in [4.69, 9.17) is 11.6 Å². The van der Waals surface area contributed by atoms with Crippen LogP contribution in [0.2, 0.25) is 5.02 Å². The summed E-state index contributed by atoms with van der Waals surface area (Å²) in [5.41, 5.74) is 1.50. The maximum absolute atomic E-state index is 13.2. The van der Waals surface area contributed by atoms with Crippen LogP contribution in [0.3, 0.4) is 0 Å². The van der Waals surface area contributed by atoms with Crippen LogP contribution in [0.1, 0.15) is 5.69 Å². The second-order valence-corrected chi connectivity index (χ2v) is 5.74. The van der Waals surface area contributed by atoms with E-state index in [1.54, 1.807) is 12.3 Å². The number of rotatable bonds is 3. The largest absolute Gasteiger partial charge is 0.379 e. The molecular formula is C12H8Br2ClFN2. The van der Waals surface area contributed by atoms with Gasteiger partial charge in [0.1, 0.15) is 5.82 Å². The molecule has 0 aliphatic rings. The average molecular weight is 394 g/mol. The number of nitrogens with one attached hydrogen (secondary N) is 1. The van der Waals surface area contributed by atoms with Gasteiger partial charge in [-0.05, 0) is 56.1 Å². The van der Waals surface area contributed by atoms with Gasteiger partial charge in [0.05, 0.1) is 17.3 Å². The molecule has 1 aromatic carbocycles. The van der Waals surface area contributed by atoms with E-state index in [0.717, 1.165) is 14.6 Å². The maximum atomic E-state index is 13.2. The van der Waals surface area contributed by atoms with Gasteiger partial charge < -0.3 is 5.32 Å². The number of aromatic nitrogens is 1. The van der Waals surface area contributed by atoms with Crippen LogP contribution in [0.4, 0.5) is 10.1 Å². The summed E-state index contributed by atoms with van der Waals surface area (Å²) in [7, 11) is 0. The van der Waals surface area contributed by atoms with E-state index >= 15 is 0 Å². The molecule has 6 heteroatoms. The summed E-state index contributed by atoms with van der Waals surface area (Å²) >= 11 is 12.4. The SMILES string of the molecule is Fc1cc(NCc2ncc(Br)cc2Br)ccc1Cl. The highest BCUT2D eigenvalue weighted by atomic mass is 79.9. The lowest BCUT2D eigenvalue weighted by Crippen LogP contribution is -2.02. The van der Waals surface area contributed by atoms with Crippen molar-refractivity contribution < 1.29 is 4.39 Å². The molecule has 18 heavy (non-hydrogen) atoms. The Kier molecular flexibility index (Phi) is 4.59. The highest BCUT2D eigenvalue weighted by molar-refractivity contribution is 9.11. The zero-order chi connectivity index (χ0) is 13.1. The van der Waals surface area contributed by atoms with Crippen LogP contribution in [0.5, 0.6) is 0 Å². The average Bonchev–Trinajstić information content (AvgIpc) is 2.32. The number of pyridine rings is 1. The molecule has 0 unspecified atom stereocenters. The van der Waals surface area contributed by atoms with Gasteiger partial charge in [0, 0.05) is 20.8 Å². The molecule has 0 saturated heterocycles. The van der Waals surface area contributed by atoms with Crippen molar-refractivity contribution in [1.82, 2.24) is 4.98 Å². The monoisotopic (exact) mass is 392 g/mol. The molecule has 0 amide bonds. The molecule has 0 aliphatic carbocycles. The van der Waals surface area contributed by atoms with Crippen LogP contribution >= 0.6 is 43.5 Å². The number of hydrogen-bond acceptors (Lipinski definition) is 2. The van der Waals surface area contributed by atoms with E-state index in [9.17, 15) is 4.39 Å². The van der Waals surface area contributed by atoms with E-state index in [1.165, 1.54) is 12.1 Å². The standard InChI is InChI=1S/C12H8Br2ClFN2/c13-7-3-9(14)12(18-5-7)6-17-8-1-2-10(15)11(16)4-8/h1-5,17H,6H2. The Labute approximate surface area is 126 Å². The third-order valence-corrected chi connectivity index (χ3v) is 3.69. The van der Waals surface area contributed by atoms with Crippen LogP contribution in [0.15, 0.2) is 39.4 Å². The number of benzene rings is 1. The van der Waals surface area contributed by atoms with Gasteiger partial charge in [-0.25, -0.2) is 4.39 Å². The predicted octanol–water partition coefficient (Wildman–Crippen LogP) is 5.01. The molecule has 94 valence electrons. The molecule has 1 aromatic heterocycles. The predicted molar refractivity (Wildman–Crippen MR) is 78.4 cm³/mol. The summed E-state index contributed by atoms with van der Waals surface area (Å²) in [6.07, 6.45) is 1.71. The summed E-state index contributed by atoms with van der Waals surface area (Å²) in [4.78, 5) is 4.26. The van der Waals surface area contributed by atoms with Crippen LogP contribution in [0, 0.1) is 5.82 Å². The Balaban J connectivity index is 2.09. The molecule has 0 aliphatic heterocycles. The summed E-state index contributed by atoms with van der Waals surface area (Å²) in [6.45, 7) is 0.495. The van der Waals surface area contributed by atoms with Gasteiger partial charge in [0.2, 0.25) is 0 Å². The highest BCUT2D eigenvalue weighted by Crippen LogP contribution is 2.22. The summed E-state index contributed by atoms with van der Waals surface area (Å²) in [6, 6.07) is 6.50. The molecule has 0 spiro atoms. The van der Waals surface area contributed by atoms with Gasteiger partial charge in [-0.1, -0.05) is 11.6 Å². The zero-order valence-corrected chi connectivity index (χ0v) is 13.0. The van der Waals surface area contributed by atoms with Crippen molar-refractivity contribution in [2.45, 2.75) is 6.54 Å². The van der Waals surface area contributed by atoms with E-state index in [-0.39, 0.29) is 5.02 Å². The topological polar surface area (TPSA) is 24.9 Å². The van der Waals surface area contributed by atoms with Gasteiger partial charge in [0.25, 0.3) is 0 Å². The number of hydrogen-bond donors (Lipinski definition) is 1. The van der Waals surface area contributed by atoms with Crippen molar-refractivity contribution in [2.24, 2.45) is 0 Å². The number of halogens is 4. The van der Waals surface area contributed by atoms with E-state index in [0.29, 0.717) is 12.2 Å². The first-order valence-corrected chi connectivity index (χ1v) is 7.01. The maximum Gasteiger partial charge on any atom is 0.143 e. The summed E-state index contributed by atoms with van der Waals surface area (Å²) in [5, 5.41) is 3.20. The second kappa shape index (κ2) is 5.99. The molecular weight excluding hydrogens is 386 g/mol. The fraction of sp³-hybridized carbons (Fsp3) is 0.0833. The van der Waals surface area contributed by atoms with Crippen molar-refractivity contribution >= 4 is 49.1 Å². The van der Waals surface area contributed by atoms with Gasteiger partial charge >= 0.3 is 0 Å². The van der Waals surface area contributed by atoms with Gasteiger partial charge in [0.15, 0.2) is 0 Å². The first-order valence-electron chi connectivity index (χ1n) is 5.05. The van der Waals surface area contributed by atoms with Crippen LogP contribution in [0.25, 0.3) is 0 Å². The fourth-order valence-corrected chi connectivity index (χ4v) is 2.61. The Morgan fingerprint density at radius 1 is 1.28 bits per heavy atom. The van der Waals surface area contributed by atoms with Crippen molar-refractivity contribution in [2.75, 3.05) is 5.32 Å². The van der Waals surface area contributed by atoms with Crippen LogP contribution in [-0.2, 0) is 6.54 Å². The molecule has 2 nitrogen and oxygen atoms in total. The minimum absolute atomic E-state index is 0.114. The lowest BCUT2D eigenvalue weighted by atomic mass is 10.3. The fourth-order valence-electron chi connectivity index (χ4n) is 1.36. The Hall–Kier alpha value is -0.650. The normalized spacial score (nSPS) is 10.4. The molecule has 2 aromatic rings. The van der Waals surface area contributed by atoms with E-state index in [1.807, 2.05) is 6.07 Å². The Morgan fingerprint density at radius 2 is 2.06 bits per heavy atom. The van der Waals surface area contributed by atoms with Crippen molar-refractivity contribution in [3.05, 3.63) is 55.9 Å². The van der Waals surface area contributed by atoms with Crippen molar-refractivity contribution in [3.63, 3.8) is 0 Å². The smallest absolute Gasteiger partial charge is 0.143 e. The van der Waals surface area contributed by atoms with Gasteiger partial charge in [-0.2, -0.15) is 0 Å². The van der Waals surface area contributed by atoms with Crippen LogP contribution in [-0.4, -0.2) is 4.98 Å². The molecule has 0 fully saturated rings. The Bertz CT molecular complexity index is 578. The summed E-state index contributed by atoms with van der Waals surface area (Å²) in [5.74, 6) is -0.440. The first-order chi connectivity index (χ1) is 8.56. The lowest BCUT2D eigenvalue weighted by Gasteiger charge is -2.08. The third kappa shape index (κ3) is 3.43. The van der Waals surface area contributed by atoms with Crippen molar-refractivity contribution in [1.29, 1.82) is 0 Å². The van der Waals surface area contributed by atoms with E-state index in [2.05, 4.69) is 42.2 Å². The van der Waals surface area contributed by atoms with Gasteiger partial charge in [-0.15, -0.1) is 0 Å². The molecule has 0 bridgehead atoms. The third-order valence-electron chi connectivity index (χ3n) is 2.26. The van der Waals surface area contributed by atoms with Gasteiger partial charge in [-0.3, -0.25) is 4.98 Å². The quantitative estimate of drug-likeness (QED) is 0.792. The first kappa shape index (κ1) is 13.8. The zero-order valence-electron chi connectivity index (χ0n) is 9.05. The van der Waals surface area contributed by atoms with Crippen LogP contribution < -0.4 is 5.32 Å². The highest BCUT2D eigenvalue weighted by Gasteiger charge is 2.04. The van der Waals surface area contributed by atoms with E-state index < -0.39 is 5.82 Å². The number of nitrogens with zero attached hydrogens (tertiary/aromatic N) is 1. The second-order valence-electron chi connectivity index (χ2n) is 3.56. The molecule has 0 atom stereocenters. The minimum atomic E-state index is -0.440. The molecule has 0 saturated carbocycles.